The summed E-state index contributed by atoms with van der Waals surface area (Å²) in [7, 11) is 0. The molecule has 4 heterocycles. The van der Waals surface area contributed by atoms with Crippen LogP contribution in [0.3, 0.4) is 0 Å². The van der Waals surface area contributed by atoms with Gasteiger partial charge < -0.3 is 15.5 Å². The van der Waals surface area contributed by atoms with E-state index in [1.807, 2.05) is 18.2 Å². The molecule has 2 aliphatic heterocycles. The maximum Gasteiger partial charge on any atom is 0.275 e. The zero-order valence-corrected chi connectivity index (χ0v) is 19.3. The van der Waals surface area contributed by atoms with Crippen molar-refractivity contribution in [3.8, 4) is 0 Å². The lowest BCUT2D eigenvalue weighted by Crippen LogP contribution is -2.43. The Morgan fingerprint density at radius 3 is 2.91 bits per heavy atom. The number of nitrogens with zero attached hydrogens (tertiary/aromatic N) is 4. The van der Waals surface area contributed by atoms with Crippen molar-refractivity contribution in [2.75, 3.05) is 41.3 Å². The standard InChI is InChI=1S/C24H26N6O2S/c1-2-3-16-4-5-17-14-30(23(32)18(17)12-16)24-28-20(15-33-24)22(31)27-19-13-26-7-6-21(19)29-10-8-25-9-11-29/h4-7,12-13,15,25H,2-3,8-11,14H2,1H3,(H,27,31). The lowest BCUT2D eigenvalue weighted by molar-refractivity contribution is 0.0991. The van der Waals surface area contributed by atoms with Gasteiger partial charge in [0.25, 0.3) is 11.8 Å². The van der Waals surface area contributed by atoms with Crippen molar-refractivity contribution >= 4 is 39.7 Å². The van der Waals surface area contributed by atoms with Gasteiger partial charge in [-0.1, -0.05) is 25.5 Å². The van der Waals surface area contributed by atoms with Crippen LogP contribution in [-0.4, -0.2) is 48.0 Å². The molecule has 0 radical (unpaired) electrons. The number of rotatable bonds is 6. The molecule has 9 heteroatoms. The Morgan fingerprint density at radius 2 is 2.09 bits per heavy atom. The van der Waals surface area contributed by atoms with Crippen LogP contribution in [0.25, 0.3) is 0 Å². The van der Waals surface area contributed by atoms with Crippen molar-refractivity contribution in [3.63, 3.8) is 0 Å². The third-order valence-electron chi connectivity index (χ3n) is 5.98. The molecule has 1 fully saturated rings. The van der Waals surface area contributed by atoms with Gasteiger partial charge in [-0.3, -0.25) is 19.5 Å². The Kier molecular flexibility index (Phi) is 6.06. The number of carbonyl (C=O) groups is 2. The van der Waals surface area contributed by atoms with E-state index in [0.29, 0.717) is 23.1 Å². The number of nitrogens with one attached hydrogen (secondary N) is 2. The molecule has 2 amide bonds. The second-order valence-electron chi connectivity index (χ2n) is 8.23. The van der Waals surface area contributed by atoms with E-state index in [1.54, 1.807) is 22.7 Å². The van der Waals surface area contributed by atoms with Crippen LogP contribution in [0.15, 0.2) is 42.0 Å². The van der Waals surface area contributed by atoms with Crippen molar-refractivity contribution < 1.29 is 9.59 Å². The summed E-state index contributed by atoms with van der Waals surface area (Å²) in [5.41, 5.74) is 4.80. The summed E-state index contributed by atoms with van der Waals surface area (Å²) in [6.07, 6.45) is 5.38. The molecule has 1 aromatic carbocycles. The third kappa shape index (κ3) is 4.34. The number of piperazine rings is 1. The number of pyridine rings is 1. The molecule has 33 heavy (non-hydrogen) atoms. The van der Waals surface area contributed by atoms with Crippen molar-refractivity contribution in [1.29, 1.82) is 0 Å². The second kappa shape index (κ2) is 9.29. The molecular formula is C24H26N6O2S. The lowest BCUT2D eigenvalue weighted by Gasteiger charge is -2.30. The summed E-state index contributed by atoms with van der Waals surface area (Å²) in [4.78, 5) is 38.5. The number of amides is 2. The van der Waals surface area contributed by atoms with Crippen LogP contribution in [0.1, 0.15) is 45.3 Å². The van der Waals surface area contributed by atoms with E-state index in [9.17, 15) is 9.59 Å². The van der Waals surface area contributed by atoms with E-state index < -0.39 is 0 Å². The van der Waals surface area contributed by atoms with Crippen LogP contribution >= 0.6 is 11.3 Å². The molecule has 0 spiro atoms. The monoisotopic (exact) mass is 462 g/mol. The van der Waals surface area contributed by atoms with Gasteiger partial charge in [0.1, 0.15) is 5.69 Å². The fourth-order valence-corrected chi connectivity index (χ4v) is 5.09. The molecule has 2 aromatic heterocycles. The maximum absolute atomic E-state index is 13.0. The fourth-order valence-electron chi connectivity index (χ4n) is 4.29. The highest BCUT2D eigenvalue weighted by Crippen LogP contribution is 2.32. The Balaban J connectivity index is 1.31. The largest absolute Gasteiger partial charge is 0.367 e. The molecular weight excluding hydrogens is 436 g/mol. The molecule has 3 aromatic rings. The van der Waals surface area contributed by atoms with E-state index in [0.717, 1.165) is 55.8 Å². The lowest BCUT2D eigenvalue weighted by atomic mass is 10.0. The highest BCUT2D eigenvalue weighted by molar-refractivity contribution is 7.14. The first-order chi connectivity index (χ1) is 16.1. The van der Waals surface area contributed by atoms with E-state index in [4.69, 9.17) is 0 Å². The van der Waals surface area contributed by atoms with E-state index in [-0.39, 0.29) is 11.8 Å². The van der Waals surface area contributed by atoms with Gasteiger partial charge in [-0.2, -0.15) is 0 Å². The highest BCUT2D eigenvalue weighted by Gasteiger charge is 2.31. The van der Waals surface area contributed by atoms with Crippen LogP contribution in [0, 0.1) is 0 Å². The number of fused-ring (bicyclic) bond motifs is 1. The average Bonchev–Trinajstić information content (AvgIpc) is 3.45. The van der Waals surface area contributed by atoms with E-state index in [1.165, 1.54) is 16.9 Å². The summed E-state index contributed by atoms with van der Waals surface area (Å²) in [6, 6.07) is 8.02. The van der Waals surface area contributed by atoms with Gasteiger partial charge in [-0.15, -0.1) is 11.3 Å². The molecule has 2 aliphatic rings. The first kappa shape index (κ1) is 21.5. The summed E-state index contributed by atoms with van der Waals surface area (Å²) in [6.45, 7) is 6.14. The zero-order valence-electron chi connectivity index (χ0n) is 18.5. The van der Waals surface area contributed by atoms with Gasteiger partial charge in [0.15, 0.2) is 5.13 Å². The van der Waals surface area contributed by atoms with Crippen LogP contribution < -0.4 is 20.4 Å². The number of hydrogen-bond acceptors (Lipinski definition) is 7. The molecule has 0 saturated carbocycles. The minimum atomic E-state index is -0.309. The Bertz CT molecular complexity index is 1190. The smallest absolute Gasteiger partial charge is 0.275 e. The maximum atomic E-state index is 13.0. The molecule has 2 N–H and O–H groups in total. The Labute approximate surface area is 196 Å². The molecule has 0 bridgehead atoms. The minimum Gasteiger partial charge on any atom is -0.367 e. The highest BCUT2D eigenvalue weighted by atomic mass is 32.1. The minimum absolute atomic E-state index is 0.0579. The molecule has 0 aliphatic carbocycles. The molecule has 170 valence electrons. The van der Waals surface area contributed by atoms with Gasteiger partial charge in [-0.05, 0) is 29.7 Å². The third-order valence-corrected chi connectivity index (χ3v) is 6.84. The number of thiazole rings is 1. The second-order valence-corrected chi connectivity index (χ2v) is 9.07. The van der Waals surface area contributed by atoms with E-state index in [2.05, 4.69) is 38.5 Å². The van der Waals surface area contributed by atoms with Crippen LogP contribution in [0.5, 0.6) is 0 Å². The Hall–Kier alpha value is -3.30. The molecule has 0 atom stereocenters. The number of benzene rings is 1. The zero-order chi connectivity index (χ0) is 22.8. The molecule has 5 rings (SSSR count). The first-order valence-electron chi connectivity index (χ1n) is 11.2. The van der Waals surface area contributed by atoms with E-state index >= 15 is 0 Å². The van der Waals surface area contributed by atoms with Crippen molar-refractivity contribution in [2.24, 2.45) is 0 Å². The van der Waals surface area contributed by atoms with Crippen molar-refractivity contribution in [3.05, 3.63) is 64.4 Å². The number of hydrogen-bond donors (Lipinski definition) is 2. The predicted molar refractivity (Wildman–Crippen MR) is 130 cm³/mol. The summed E-state index contributed by atoms with van der Waals surface area (Å²) in [5.74, 6) is -0.367. The fraction of sp³-hybridized carbons (Fsp3) is 0.333. The summed E-state index contributed by atoms with van der Waals surface area (Å²) < 4.78 is 0. The van der Waals surface area contributed by atoms with Crippen LogP contribution in [0.2, 0.25) is 0 Å². The number of aryl methyl sites for hydroxylation is 1. The van der Waals surface area contributed by atoms with Gasteiger partial charge in [-0.25, -0.2) is 4.98 Å². The SMILES string of the molecule is CCCc1ccc2c(c1)C(=O)N(c1nc(C(=O)Nc3cnccc3N3CCNCC3)cs1)C2. The normalized spacial score (nSPS) is 15.6. The van der Waals surface area contributed by atoms with Crippen LogP contribution in [0.4, 0.5) is 16.5 Å². The first-order valence-corrected chi connectivity index (χ1v) is 12.1. The van der Waals surface area contributed by atoms with Gasteiger partial charge in [0.2, 0.25) is 0 Å². The quantitative estimate of drug-likeness (QED) is 0.584. The predicted octanol–water partition coefficient (Wildman–Crippen LogP) is 3.31. The van der Waals surface area contributed by atoms with Crippen LogP contribution in [-0.2, 0) is 13.0 Å². The van der Waals surface area contributed by atoms with Gasteiger partial charge >= 0.3 is 0 Å². The number of aromatic nitrogens is 2. The number of anilines is 3. The molecule has 0 unspecified atom stereocenters. The summed E-state index contributed by atoms with van der Waals surface area (Å²) >= 11 is 1.31. The van der Waals surface area contributed by atoms with Crippen molar-refractivity contribution in [2.45, 2.75) is 26.3 Å². The Morgan fingerprint density at radius 1 is 1.24 bits per heavy atom. The van der Waals surface area contributed by atoms with Gasteiger partial charge in [0.05, 0.1) is 24.1 Å². The van der Waals surface area contributed by atoms with Gasteiger partial charge in [0, 0.05) is 43.3 Å². The average molecular weight is 463 g/mol. The number of carbonyl (C=O) groups excluding carboxylic acids is 2. The topological polar surface area (TPSA) is 90.5 Å². The summed E-state index contributed by atoms with van der Waals surface area (Å²) in [5, 5.41) is 8.52. The molecule has 8 nitrogen and oxygen atoms in total. The molecule has 1 saturated heterocycles. The van der Waals surface area contributed by atoms with Crippen molar-refractivity contribution in [1.82, 2.24) is 15.3 Å².